The van der Waals surface area contributed by atoms with Crippen molar-refractivity contribution in [2.75, 3.05) is 26.4 Å². The smallest absolute Gasteiger partial charge is 0.135 e. The van der Waals surface area contributed by atoms with Crippen molar-refractivity contribution < 1.29 is 23.7 Å². The quantitative estimate of drug-likeness (QED) is 0.364. The molecule has 4 aromatic carbocycles. The monoisotopic (exact) mass is 414 g/mol. The molecule has 2 fully saturated rings. The summed E-state index contributed by atoms with van der Waals surface area (Å²) in [5, 5.41) is 4.25. The lowest BCUT2D eigenvalue weighted by Crippen LogP contribution is -2.04. The van der Waals surface area contributed by atoms with Crippen molar-refractivity contribution in [3.63, 3.8) is 0 Å². The van der Waals surface area contributed by atoms with Crippen molar-refractivity contribution in [2.45, 2.75) is 12.2 Å². The summed E-state index contributed by atoms with van der Waals surface area (Å²) in [6.45, 7) is 2.77. The van der Waals surface area contributed by atoms with Crippen LogP contribution in [-0.2, 0) is 9.47 Å². The van der Waals surface area contributed by atoms with Crippen LogP contribution in [0, 0.1) is 0 Å². The highest BCUT2D eigenvalue weighted by Gasteiger charge is 2.24. The number of rotatable bonds is 8. The first-order valence-electron chi connectivity index (χ1n) is 10.5. The molecule has 6 rings (SSSR count). The number of hydrogen-bond donors (Lipinski definition) is 0. The second kappa shape index (κ2) is 7.76. The van der Waals surface area contributed by atoms with Crippen LogP contribution < -0.4 is 14.2 Å². The molecule has 2 atom stereocenters. The van der Waals surface area contributed by atoms with Crippen molar-refractivity contribution in [2.24, 2.45) is 0 Å². The van der Waals surface area contributed by atoms with Crippen LogP contribution in [0.25, 0.3) is 21.5 Å². The van der Waals surface area contributed by atoms with Gasteiger partial charge in [-0.2, -0.15) is 0 Å². The third kappa shape index (κ3) is 4.15. The molecule has 2 aliphatic heterocycles. The van der Waals surface area contributed by atoms with E-state index in [4.69, 9.17) is 23.7 Å². The van der Waals surface area contributed by atoms with Crippen molar-refractivity contribution in [3.8, 4) is 23.0 Å². The zero-order chi connectivity index (χ0) is 20.6. The van der Waals surface area contributed by atoms with E-state index >= 15 is 0 Å². The summed E-state index contributed by atoms with van der Waals surface area (Å²) in [7, 11) is 0. The van der Waals surface area contributed by atoms with Crippen LogP contribution in [-0.4, -0.2) is 38.6 Å². The predicted octanol–water partition coefficient (Wildman–Crippen LogP) is 5.34. The van der Waals surface area contributed by atoms with E-state index in [1.54, 1.807) is 0 Å². The second-order valence-corrected chi connectivity index (χ2v) is 7.91. The normalized spacial score (nSPS) is 19.4. The molecule has 2 aliphatic rings. The Balaban J connectivity index is 1.25. The molecule has 0 radical (unpaired) electrons. The summed E-state index contributed by atoms with van der Waals surface area (Å²) < 4.78 is 28.5. The summed E-state index contributed by atoms with van der Waals surface area (Å²) in [4.78, 5) is 0. The Morgan fingerprint density at radius 1 is 0.645 bits per heavy atom. The summed E-state index contributed by atoms with van der Waals surface area (Å²) >= 11 is 0. The van der Waals surface area contributed by atoms with Crippen molar-refractivity contribution in [1.82, 2.24) is 0 Å². The third-order valence-corrected chi connectivity index (χ3v) is 5.52. The highest BCUT2D eigenvalue weighted by molar-refractivity contribution is 5.91. The van der Waals surface area contributed by atoms with Gasteiger partial charge in [0.2, 0.25) is 0 Å². The molecule has 0 bridgehead atoms. The molecule has 0 aliphatic carbocycles. The molecular weight excluding hydrogens is 392 g/mol. The van der Waals surface area contributed by atoms with E-state index in [9.17, 15) is 0 Å². The molecule has 31 heavy (non-hydrogen) atoms. The lowest BCUT2D eigenvalue weighted by Gasteiger charge is -2.12. The second-order valence-electron chi connectivity index (χ2n) is 7.91. The minimum absolute atomic E-state index is 0.234. The molecule has 2 saturated heterocycles. The summed E-state index contributed by atoms with van der Waals surface area (Å²) in [5.41, 5.74) is 0. The standard InChI is InChI=1S/C26H22O5/c1-3-18-12-20(8-10-23(18)25(5-1)30-16-22-15-29-22)31-26-6-2-4-17-11-19(7-9-24(17)26)27-13-21-14-28-21/h1-12,21-22H,13-16H2. The number of fused-ring (bicyclic) bond motifs is 2. The minimum Gasteiger partial charge on any atom is -0.491 e. The Morgan fingerprint density at radius 3 is 1.94 bits per heavy atom. The van der Waals surface area contributed by atoms with Crippen LogP contribution in [0.4, 0.5) is 0 Å². The lowest BCUT2D eigenvalue weighted by atomic mass is 10.1. The number of benzene rings is 4. The van der Waals surface area contributed by atoms with Gasteiger partial charge in [0.05, 0.1) is 13.2 Å². The van der Waals surface area contributed by atoms with Gasteiger partial charge < -0.3 is 23.7 Å². The SMILES string of the molecule is c1cc(OCC2CO2)c2ccc(Oc3cccc4cc(OCC5CO5)ccc34)cc2c1. The van der Waals surface area contributed by atoms with Crippen molar-refractivity contribution >= 4 is 21.5 Å². The summed E-state index contributed by atoms with van der Waals surface area (Å²) in [6, 6.07) is 24.2. The van der Waals surface area contributed by atoms with Gasteiger partial charge in [0, 0.05) is 10.8 Å². The van der Waals surface area contributed by atoms with Gasteiger partial charge in [-0.15, -0.1) is 0 Å². The van der Waals surface area contributed by atoms with Gasteiger partial charge in [0.1, 0.15) is 48.4 Å². The summed E-state index contributed by atoms with van der Waals surface area (Å²) in [6.07, 6.45) is 0.475. The first kappa shape index (κ1) is 18.5. The van der Waals surface area contributed by atoms with Crippen LogP contribution in [0.2, 0.25) is 0 Å². The van der Waals surface area contributed by atoms with Crippen LogP contribution in [0.3, 0.4) is 0 Å². The Hall–Kier alpha value is -3.28. The van der Waals surface area contributed by atoms with Crippen LogP contribution in [0.5, 0.6) is 23.0 Å². The molecule has 0 spiro atoms. The highest BCUT2D eigenvalue weighted by Crippen LogP contribution is 2.35. The molecule has 0 saturated carbocycles. The molecule has 156 valence electrons. The Kier molecular flexibility index (Phi) is 4.63. The highest BCUT2D eigenvalue weighted by atomic mass is 16.6. The van der Waals surface area contributed by atoms with Gasteiger partial charge in [-0.05, 0) is 59.3 Å². The van der Waals surface area contributed by atoms with Gasteiger partial charge in [-0.25, -0.2) is 0 Å². The van der Waals surface area contributed by atoms with Crippen LogP contribution >= 0.6 is 0 Å². The zero-order valence-electron chi connectivity index (χ0n) is 17.0. The fraction of sp³-hybridized carbons (Fsp3) is 0.231. The first-order chi connectivity index (χ1) is 15.3. The number of ether oxygens (including phenoxy) is 5. The van der Waals surface area contributed by atoms with Gasteiger partial charge in [-0.1, -0.05) is 24.3 Å². The molecule has 0 aromatic heterocycles. The fourth-order valence-electron chi connectivity index (χ4n) is 3.66. The maximum absolute atomic E-state index is 6.27. The topological polar surface area (TPSA) is 52.8 Å². The van der Waals surface area contributed by atoms with E-state index in [-0.39, 0.29) is 12.2 Å². The van der Waals surface area contributed by atoms with Gasteiger partial charge in [0.15, 0.2) is 0 Å². The zero-order valence-corrected chi connectivity index (χ0v) is 17.0. The molecule has 4 aromatic rings. The van der Waals surface area contributed by atoms with E-state index in [0.717, 1.165) is 57.8 Å². The third-order valence-electron chi connectivity index (χ3n) is 5.52. The maximum Gasteiger partial charge on any atom is 0.135 e. The Bertz CT molecular complexity index is 1240. The van der Waals surface area contributed by atoms with Crippen molar-refractivity contribution in [1.29, 1.82) is 0 Å². The van der Waals surface area contributed by atoms with Gasteiger partial charge >= 0.3 is 0 Å². The van der Waals surface area contributed by atoms with Crippen LogP contribution in [0.15, 0.2) is 72.8 Å². The van der Waals surface area contributed by atoms with E-state index in [1.165, 1.54) is 0 Å². The minimum atomic E-state index is 0.234. The molecular formula is C26H22O5. The Morgan fingerprint density at radius 2 is 1.23 bits per heavy atom. The van der Waals surface area contributed by atoms with Gasteiger partial charge in [-0.3, -0.25) is 0 Å². The average Bonchev–Trinajstić information content (AvgIpc) is 3.71. The Labute approximate surface area is 180 Å². The molecule has 2 heterocycles. The molecule has 5 nitrogen and oxygen atoms in total. The molecule has 0 N–H and O–H groups in total. The van der Waals surface area contributed by atoms with E-state index in [2.05, 4.69) is 12.1 Å². The van der Waals surface area contributed by atoms with E-state index < -0.39 is 0 Å². The van der Waals surface area contributed by atoms with E-state index in [0.29, 0.717) is 13.2 Å². The average molecular weight is 414 g/mol. The van der Waals surface area contributed by atoms with Crippen LogP contribution in [0.1, 0.15) is 0 Å². The molecule has 0 amide bonds. The molecule has 5 heteroatoms. The van der Waals surface area contributed by atoms with E-state index in [1.807, 2.05) is 60.7 Å². The van der Waals surface area contributed by atoms with Gasteiger partial charge in [0.25, 0.3) is 0 Å². The number of hydrogen-bond acceptors (Lipinski definition) is 5. The lowest BCUT2D eigenvalue weighted by molar-refractivity contribution is 0.263. The fourth-order valence-corrected chi connectivity index (χ4v) is 3.66. The largest absolute Gasteiger partial charge is 0.491 e. The van der Waals surface area contributed by atoms with Crippen molar-refractivity contribution in [3.05, 3.63) is 72.8 Å². The number of epoxide rings is 2. The summed E-state index contributed by atoms with van der Waals surface area (Å²) in [5.74, 6) is 3.31. The first-order valence-corrected chi connectivity index (χ1v) is 10.5. The predicted molar refractivity (Wildman–Crippen MR) is 118 cm³/mol. The molecule has 2 unspecified atom stereocenters. The maximum atomic E-state index is 6.27.